The van der Waals surface area contributed by atoms with Crippen LogP contribution in [0.3, 0.4) is 0 Å². The molecule has 1 aliphatic heterocycles. The lowest BCUT2D eigenvalue weighted by Gasteiger charge is -2.39. The van der Waals surface area contributed by atoms with Crippen LogP contribution in [0.1, 0.15) is 31.9 Å². The smallest absolute Gasteiger partial charge is 0.389 e. The minimum atomic E-state index is -4.38. The molecule has 5 heteroatoms. The number of alkyl halides is 3. The average molecular weight is 273 g/mol. The van der Waals surface area contributed by atoms with E-state index in [1.54, 1.807) is 11.0 Å². The summed E-state index contributed by atoms with van der Waals surface area (Å²) in [5.41, 5.74) is -0.130. The van der Waals surface area contributed by atoms with Crippen molar-refractivity contribution in [2.45, 2.75) is 38.5 Å². The Balaban J connectivity index is 2.44. The third-order valence-corrected chi connectivity index (χ3v) is 3.37. The van der Waals surface area contributed by atoms with Gasteiger partial charge in [0.2, 0.25) is 0 Å². The van der Waals surface area contributed by atoms with Gasteiger partial charge < -0.3 is 10.0 Å². The number of hydrogen-bond acceptors (Lipinski definition) is 2. The minimum absolute atomic E-state index is 0.158. The van der Waals surface area contributed by atoms with Gasteiger partial charge in [-0.15, -0.1) is 0 Å². The molecule has 0 atom stereocenters. The van der Waals surface area contributed by atoms with Crippen molar-refractivity contribution in [2.24, 2.45) is 0 Å². The summed E-state index contributed by atoms with van der Waals surface area (Å²) in [5.74, 6) is 0. The molecule has 0 unspecified atom stereocenters. The van der Waals surface area contributed by atoms with Crippen LogP contribution in [0.15, 0.2) is 18.2 Å². The maximum absolute atomic E-state index is 13.1. The van der Waals surface area contributed by atoms with Crippen molar-refractivity contribution in [2.75, 3.05) is 18.0 Å². The van der Waals surface area contributed by atoms with Crippen molar-refractivity contribution < 1.29 is 18.3 Å². The van der Waals surface area contributed by atoms with Crippen LogP contribution in [-0.4, -0.2) is 24.3 Å². The van der Waals surface area contributed by atoms with Crippen molar-refractivity contribution in [1.82, 2.24) is 0 Å². The van der Waals surface area contributed by atoms with Gasteiger partial charge in [-0.1, -0.05) is 26.8 Å². The first-order chi connectivity index (χ1) is 8.59. The molecule has 19 heavy (non-hydrogen) atoms. The first-order valence-corrected chi connectivity index (χ1v) is 6.24. The summed E-state index contributed by atoms with van der Waals surface area (Å²) in [4.78, 5) is 1.56. The molecule has 106 valence electrons. The van der Waals surface area contributed by atoms with Crippen molar-refractivity contribution in [3.8, 4) is 0 Å². The topological polar surface area (TPSA) is 23.5 Å². The van der Waals surface area contributed by atoms with Crippen LogP contribution in [0.5, 0.6) is 0 Å². The SMILES string of the molecule is CC(C)(C)c1ccc(N2CC(O)C2)c(C(F)(F)F)c1. The molecule has 1 saturated heterocycles. The summed E-state index contributed by atoms with van der Waals surface area (Å²) < 4.78 is 39.4. The van der Waals surface area contributed by atoms with Gasteiger partial charge in [-0.3, -0.25) is 0 Å². The predicted octanol–water partition coefficient (Wildman–Crippen LogP) is 3.18. The maximum atomic E-state index is 13.1. The van der Waals surface area contributed by atoms with Gasteiger partial charge in [-0.05, 0) is 23.1 Å². The van der Waals surface area contributed by atoms with Crippen LogP contribution in [0.4, 0.5) is 18.9 Å². The van der Waals surface area contributed by atoms with Crippen LogP contribution in [0.2, 0.25) is 0 Å². The number of β-amino-alcohol motifs (C(OH)–C–C–N with tert-alkyl or cyclic N) is 1. The fourth-order valence-corrected chi connectivity index (χ4v) is 2.16. The summed E-state index contributed by atoms with van der Waals surface area (Å²) in [7, 11) is 0. The second-order valence-corrected chi connectivity index (χ2v) is 6.04. The van der Waals surface area contributed by atoms with E-state index in [0.717, 1.165) is 0 Å². The number of rotatable bonds is 1. The normalized spacial score (nSPS) is 17.5. The number of hydrogen-bond donors (Lipinski definition) is 1. The molecule has 1 aromatic carbocycles. The second-order valence-electron chi connectivity index (χ2n) is 6.04. The molecule has 1 fully saturated rings. The highest BCUT2D eigenvalue weighted by atomic mass is 19.4. The largest absolute Gasteiger partial charge is 0.418 e. The molecule has 2 rings (SSSR count). The molecular weight excluding hydrogens is 255 g/mol. The second kappa shape index (κ2) is 4.40. The van der Waals surface area contributed by atoms with E-state index in [1.807, 2.05) is 20.8 Å². The number of benzene rings is 1. The molecule has 0 amide bonds. The molecule has 1 heterocycles. The number of aliphatic hydroxyl groups excluding tert-OH is 1. The summed E-state index contributed by atoms with van der Waals surface area (Å²) in [6.45, 7) is 6.18. The average Bonchev–Trinajstić information content (AvgIpc) is 2.21. The van der Waals surface area contributed by atoms with Crippen molar-refractivity contribution >= 4 is 5.69 Å². The van der Waals surface area contributed by atoms with Crippen LogP contribution < -0.4 is 4.90 Å². The van der Waals surface area contributed by atoms with Gasteiger partial charge in [0, 0.05) is 18.8 Å². The van der Waals surface area contributed by atoms with E-state index in [2.05, 4.69) is 0 Å². The molecule has 1 aliphatic rings. The predicted molar refractivity (Wildman–Crippen MR) is 68.4 cm³/mol. The number of halogens is 3. The van der Waals surface area contributed by atoms with E-state index >= 15 is 0 Å². The molecule has 0 bridgehead atoms. The van der Waals surface area contributed by atoms with Gasteiger partial charge in [0.25, 0.3) is 0 Å². The van der Waals surface area contributed by atoms with Gasteiger partial charge in [-0.25, -0.2) is 0 Å². The summed E-state index contributed by atoms with van der Waals surface area (Å²) >= 11 is 0. The zero-order valence-electron chi connectivity index (χ0n) is 11.3. The molecule has 1 aromatic rings. The fourth-order valence-electron chi connectivity index (χ4n) is 2.16. The highest BCUT2D eigenvalue weighted by molar-refractivity contribution is 5.59. The molecule has 0 saturated carbocycles. The Morgan fingerprint density at radius 3 is 2.16 bits per heavy atom. The standard InChI is InChI=1S/C14H18F3NO/c1-13(2,3)9-4-5-12(18-7-10(19)8-18)11(6-9)14(15,16)17/h4-6,10,19H,7-8H2,1-3H3. The summed E-state index contributed by atoms with van der Waals surface area (Å²) in [6.07, 6.45) is -4.90. The van der Waals surface area contributed by atoms with E-state index in [4.69, 9.17) is 0 Å². The maximum Gasteiger partial charge on any atom is 0.418 e. The molecular formula is C14H18F3NO. The first-order valence-electron chi connectivity index (χ1n) is 6.24. The van der Waals surface area contributed by atoms with E-state index in [-0.39, 0.29) is 24.2 Å². The number of nitrogens with zero attached hydrogens (tertiary/aromatic N) is 1. The Morgan fingerprint density at radius 2 is 1.74 bits per heavy atom. The van der Waals surface area contributed by atoms with E-state index in [0.29, 0.717) is 5.56 Å². The van der Waals surface area contributed by atoms with Gasteiger partial charge in [-0.2, -0.15) is 13.2 Å². The lowest BCUT2D eigenvalue weighted by atomic mass is 9.85. The van der Waals surface area contributed by atoms with Crippen LogP contribution >= 0.6 is 0 Å². The Morgan fingerprint density at radius 1 is 1.16 bits per heavy atom. The van der Waals surface area contributed by atoms with E-state index in [9.17, 15) is 18.3 Å². The molecule has 0 aromatic heterocycles. The number of aliphatic hydroxyl groups is 1. The lowest BCUT2D eigenvalue weighted by Crippen LogP contribution is -2.51. The van der Waals surface area contributed by atoms with E-state index < -0.39 is 17.8 Å². The molecule has 1 N–H and O–H groups in total. The molecule has 0 aliphatic carbocycles. The molecule has 0 radical (unpaired) electrons. The third-order valence-electron chi connectivity index (χ3n) is 3.37. The Kier molecular flexibility index (Phi) is 3.29. The minimum Gasteiger partial charge on any atom is -0.389 e. The Labute approximate surface area is 110 Å². The van der Waals surface area contributed by atoms with Crippen molar-refractivity contribution in [3.63, 3.8) is 0 Å². The van der Waals surface area contributed by atoms with Crippen LogP contribution in [0, 0.1) is 0 Å². The third kappa shape index (κ3) is 2.86. The van der Waals surface area contributed by atoms with Gasteiger partial charge in [0.15, 0.2) is 0 Å². The Bertz CT molecular complexity index is 471. The van der Waals surface area contributed by atoms with Gasteiger partial charge >= 0.3 is 6.18 Å². The van der Waals surface area contributed by atoms with Crippen LogP contribution in [0.25, 0.3) is 0 Å². The highest BCUT2D eigenvalue weighted by Crippen LogP contribution is 2.40. The van der Waals surface area contributed by atoms with Crippen molar-refractivity contribution in [1.29, 1.82) is 0 Å². The van der Waals surface area contributed by atoms with E-state index in [1.165, 1.54) is 12.1 Å². The summed E-state index contributed by atoms with van der Waals surface area (Å²) in [5, 5.41) is 9.23. The fraction of sp³-hybridized carbons (Fsp3) is 0.571. The zero-order valence-corrected chi connectivity index (χ0v) is 11.3. The monoisotopic (exact) mass is 273 g/mol. The summed E-state index contributed by atoms with van der Waals surface area (Å²) in [6, 6.07) is 4.46. The van der Waals surface area contributed by atoms with Crippen molar-refractivity contribution in [3.05, 3.63) is 29.3 Å². The molecule has 0 spiro atoms. The van der Waals surface area contributed by atoms with Gasteiger partial charge in [0.05, 0.1) is 11.7 Å². The van der Waals surface area contributed by atoms with Gasteiger partial charge in [0.1, 0.15) is 0 Å². The molecule has 2 nitrogen and oxygen atoms in total. The lowest BCUT2D eigenvalue weighted by molar-refractivity contribution is -0.137. The highest BCUT2D eigenvalue weighted by Gasteiger charge is 2.38. The van der Waals surface area contributed by atoms with Crippen LogP contribution in [-0.2, 0) is 11.6 Å². The zero-order chi connectivity index (χ0) is 14.4. The Hall–Kier alpha value is -1.23. The number of anilines is 1. The quantitative estimate of drug-likeness (QED) is 0.849. The first kappa shape index (κ1) is 14.2.